The third-order valence-electron chi connectivity index (χ3n) is 2.18. The van der Waals surface area contributed by atoms with Crippen molar-refractivity contribution in [3.8, 4) is 0 Å². The lowest BCUT2D eigenvalue weighted by Crippen LogP contribution is -2.22. The van der Waals surface area contributed by atoms with E-state index in [1.807, 2.05) is 0 Å². The predicted octanol–water partition coefficient (Wildman–Crippen LogP) is 2.17. The molecule has 0 spiro atoms. The van der Waals surface area contributed by atoms with E-state index in [2.05, 4.69) is 36.1 Å². The second-order valence-electron chi connectivity index (χ2n) is 3.60. The molecule has 0 radical (unpaired) electrons. The Kier molecular flexibility index (Phi) is 3.52. The summed E-state index contributed by atoms with van der Waals surface area (Å²) in [5, 5.41) is 3.58. The fourth-order valence-corrected chi connectivity index (χ4v) is 1.02. The van der Waals surface area contributed by atoms with Crippen molar-refractivity contribution in [2.75, 3.05) is 11.1 Å². The molecule has 1 aromatic rings. The fourth-order valence-electron chi connectivity index (χ4n) is 0.866. The van der Waals surface area contributed by atoms with Crippen LogP contribution in [0.3, 0.4) is 0 Å². The van der Waals surface area contributed by atoms with Gasteiger partial charge in [-0.15, -0.1) is 0 Å². The molecule has 0 aliphatic heterocycles. The van der Waals surface area contributed by atoms with Crippen molar-refractivity contribution in [3.05, 3.63) is 11.3 Å². The Morgan fingerprint density at radius 2 is 2.00 bits per heavy atom. The zero-order valence-corrected chi connectivity index (χ0v) is 9.34. The summed E-state index contributed by atoms with van der Waals surface area (Å²) in [4.78, 5) is 7.81. The number of hydrogen-bond donors (Lipinski definition) is 2. The van der Waals surface area contributed by atoms with Crippen molar-refractivity contribution in [1.29, 1.82) is 0 Å². The molecule has 0 aromatic carbocycles. The standard InChI is InChI=1S/C9H15ClN4/c1-5(2)6(3)14-9-7(10)8(11)12-4-13-9/h4-6H,1-3H3,(H3,11,12,13,14). The van der Waals surface area contributed by atoms with Gasteiger partial charge in [-0.2, -0.15) is 0 Å². The molecule has 14 heavy (non-hydrogen) atoms. The van der Waals surface area contributed by atoms with Gasteiger partial charge in [0.2, 0.25) is 0 Å². The predicted molar refractivity (Wildman–Crippen MR) is 59.4 cm³/mol. The summed E-state index contributed by atoms with van der Waals surface area (Å²) in [5.74, 6) is 1.41. The maximum atomic E-state index is 5.93. The Balaban J connectivity index is 2.82. The molecule has 1 rings (SSSR count). The summed E-state index contributed by atoms with van der Waals surface area (Å²) in [6, 6.07) is 0.293. The molecule has 0 amide bonds. The number of nitrogen functional groups attached to an aromatic ring is 1. The van der Waals surface area contributed by atoms with E-state index >= 15 is 0 Å². The van der Waals surface area contributed by atoms with Crippen molar-refractivity contribution >= 4 is 23.2 Å². The van der Waals surface area contributed by atoms with Gasteiger partial charge in [0.25, 0.3) is 0 Å². The number of nitrogens with two attached hydrogens (primary N) is 1. The van der Waals surface area contributed by atoms with Crippen LogP contribution in [0.2, 0.25) is 5.02 Å². The molecule has 0 saturated heterocycles. The molecule has 0 saturated carbocycles. The number of aromatic nitrogens is 2. The minimum absolute atomic E-state index is 0.293. The van der Waals surface area contributed by atoms with Crippen LogP contribution in [-0.4, -0.2) is 16.0 Å². The third-order valence-corrected chi connectivity index (χ3v) is 2.55. The maximum Gasteiger partial charge on any atom is 0.150 e. The van der Waals surface area contributed by atoms with Crippen LogP contribution in [0.4, 0.5) is 11.6 Å². The van der Waals surface area contributed by atoms with E-state index in [0.29, 0.717) is 28.6 Å². The molecule has 0 aliphatic carbocycles. The first-order chi connectivity index (χ1) is 6.52. The minimum atomic E-state index is 0.293. The van der Waals surface area contributed by atoms with Crippen LogP contribution in [0.25, 0.3) is 0 Å². The van der Waals surface area contributed by atoms with Crippen molar-refractivity contribution in [3.63, 3.8) is 0 Å². The molecule has 0 bridgehead atoms. The van der Waals surface area contributed by atoms with Crippen molar-refractivity contribution < 1.29 is 0 Å². The smallest absolute Gasteiger partial charge is 0.150 e. The SMILES string of the molecule is CC(C)C(C)Nc1ncnc(N)c1Cl. The highest BCUT2D eigenvalue weighted by Gasteiger charge is 2.11. The second-order valence-corrected chi connectivity index (χ2v) is 3.98. The summed E-state index contributed by atoms with van der Waals surface area (Å²) in [6.45, 7) is 6.31. The van der Waals surface area contributed by atoms with Gasteiger partial charge in [0.1, 0.15) is 17.2 Å². The maximum absolute atomic E-state index is 5.93. The molecule has 0 fully saturated rings. The van der Waals surface area contributed by atoms with Gasteiger partial charge in [-0.3, -0.25) is 0 Å². The number of nitrogens with zero attached hydrogens (tertiary/aromatic N) is 2. The highest BCUT2D eigenvalue weighted by Crippen LogP contribution is 2.24. The largest absolute Gasteiger partial charge is 0.382 e. The quantitative estimate of drug-likeness (QED) is 0.810. The Morgan fingerprint density at radius 3 is 2.57 bits per heavy atom. The summed E-state index contributed by atoms with van der Waals surface area (Å²) in [5.41, 5.74) is 5.55. The van der Waals surface area contributed by atoms with E-state index < -0.39 is 0 Å². The molecule has 4 nitrogen and oxygen atoms in total. The van der Waals surface area contributed by atoms with Crippen molar-refractivity contribution in [1.82, 2.24) is 9.97 Å². The number of halogens is 1. The summed E-state index contributed by atoms with van der Waals surface area (Å²) >= 11 is 5.93. The van der Waals surface area contributed by atoms with E-state index in [-0.39, 0.29) is 0 Å². The zero-order valence-electron chi connectivity index (χ0n) is 8.58. The highest BCUT2D eigenvalue weighted by molar-refractivity contribution is 6.35. The number of nitrogens with one attached hydrogen (secondary N) is 1. The van der Waals surface area contributed by atoms with Gasteiger partial charge in [-0.25, -0.2) is 9.97 Å². The van der Waals surface area contributed by atoms with Crippen LogP contribution >= 0.6 is 11.6 Å². The van der Waals surface area contributed by atoms with Crippen LogP contribution in [-0.2, 0) is 0 Å². The van der Waals surface area contributed by atoms with E-state index in [0.717, 1.165) is 0 Å². The molecular weight excluding hydrogens is 200 g/mol. The molecular formula is C9H15ClN4. The molecule has 1 heterocycles. The fraction of sp³-hybridized carbons (Fsp3) is 0.556. The Bertz CT molecular complexity index is 314. The number of anilines is 2. The average Bonchev–Trinajstić information content (AvgIpc) is 2.12. The minimum Gasteiger partial charge on any atom is -0.382 e. The Labute approximate surface area is 88.9 Å². The summed E-state index contributed by atoms with van der Waals surface area (Å²) in [7, 11) is 0. The van der Waals surface area contributed by atoms with Crippen LogP contribution in [0.1, 0.15) is 20.8 Å². The molecule has 78 valence electrons. The van der Waals surface area contributed by atoms with Crippen molar-refractivity contribution in [2.24, 2.45) is 5.92 Å². The number of hydrogen-bond acceptors (Lipinski definition) is 4. The van der Waals surface area contributed by atoms with Gasteiger partial charge in [-0.05, 0) is 12.8 Å². The first-order valence-corrected chi connectivity index (χ1v) is 4.92. The molecule has 3 N–H and O–H groups in total. The van der Waals surface area contributed by atoms with Gasteiger partial charge < -0.3 is 11.1 Å². The molecule has 5 heteroatoms. The molecule has 1 atom stereocenters. The van der Waals surface area contributed by atoms with Gasteiger partial charge in [0.15, 0.2) is 5.82 Å². The molecule has 1 aromatic heterocycles. The molecule has 0 aliphatic rings. The zero-order chi connectivity index (χ0) is 10.7. The summed E-state index contributed by atoms with van der Waals surface area (Å²) < 4.78 is 0. The second kappa shape index (κ2) is 4.46. The normalized spacial score (nSPS) is 12.9. The van der Waals surface area contributed by atoms with Gasteiger partial charge in [-0.1, -0.05) is 25.4 Å². The van der Waals surface area contributed by atoms with Gasteiger partial charge in [0, 0.05) is 6.04 Å². The van der Waals surface area contributed by atoms with Crippen LogP contribution < -0.4 is 11.1 Å². The van der Waals surface area contributed by atoms with Crippen LogP contribution in [0.15, 0.2) is 6.33 Å². The lowest BCUT2D eigenvalue weighted by molar-refractivity contribution is 0.558. The van der Waals surface area contributed by atoms with E-state index in [1.165, 1.54) is 6.33 Å². The van der Waals surface area contributed by atoms with Gasteiger partial charge >= 0.3 is 0 Å². The average molecular weight is 215 g/mol. The lowest BCUT2D eigenvalue weighted by Gasteiger charge is -2.18. The van der Waals surface area contributed by atoms with Gasteiger partial charge in [0.05, 0.1) is 0 Å². The van der Waals surface area contributed by atoms with E-state index in [1.54, 1.807) is 0 Å². The van der Waals surface area contributed by atoms with Crippen molar-refractivity contribution in [2.45, 2.75) is 26.8 Å². The summed E-state index contributed by atoms with van der Waals surface area (Å²) in [6.07, 6.45) is 1.40. The highest BCUT2D eigenvalue weighted by atomic mass is 35.5. The first kappa shape index (κ1) is 11.0. The van der Waals surface area contributed by atoms with Crippen LogP contribution in [0, 0.1) is 5.92 Å². The lowest BCUT2D eigenvalue weighted by atomic mass is 10.1. The number of rotatable bonds is 3. The van der Waals surface area contributed by atoms with E-state index in [4.69, 9.17) is 17.3 Å². The monoisotopic (exact) mass is 214 g/mol. The van der Waals surface area contributed by atoms with Crippen LogP contribution in [0.5, 0.6) is 0 Å². The van der Waals surface area contributed by atoms with E-state index in [9.17, 15) is 0 Å². The first-order valence-electron chi connectivity index (χ1n) is 4.55. The topological polar surface area (TPSA) is 63.8 Å². The third kappa shape index (κ3) is 2.48. The Hall–Kier alpha value is -1.03. The molecule has 1 unspecified atom stereocenters. The Morgan fingerprint density at radius 1 is 1.36 bits per heavy atom.